The highest BCUT2D eigenvalue weighted by Crippen LogP contribution is 2.23. The summed E-state index contributed by atoms with van der Waals surface area (Å²) in [5.74, 6) is -0.426. The molecule has 0 heterocycles. The average molecular weight is 390 g/mol. The summed E-state index contributed by atoms with van der Waals surface area (Å²) >= 11 is 0. The Balaban J connectivity index is 1.79. The molecule has 28 heavy (non-hydrogen) atoms. The van der Waals surface area contributed by atoms with Gasteiger partial charge in [-0.25, -0.2) is 9.59 Å². The molecule has 1 saturated carbocycles. The molecular weight excluding hydrogens is 360 g/mol. The number of nitrogens with one attached hydrogen (secondary N) is 2. The molecule has 7 heteroatoms. The van der Waals surface area contributed by atoms with Crippen molar-refractivity contribution < 1.29 is 23.9 Å². The lowest BCUT2D eigenvalue weighted by atomic mass is 9.86. The lowest BCUT2D eigenvalue weighted by Gasteiger charge is -2.29. The molecule has 0 bridgehead atoms. The Morgan fingerprint density at radius 1 is 1.07 bits per heavy atom. The minimum absolute atomic E-state index is 0.151. The molecule has 2 atom stereocenters. The van der Waals surface area contributed by atoms with Crippen molar-refractivity contribution in [1.82, 2.24) is 5.32 Å². The quantitative estimate of drug-likeness (QED) is 0.744. The van der Waals surface area contributed by atoms with Gasteiger partial charge in [0.2, 0.25) is 0 Å². The first-order valence-corrected chi connectivity index (χ1v) is 9.70. The van der Waals surface area contributed by atoms with Gasteiger partial charge in [0, 0.05) is 11.7 Å². The molecule has 154 valence electrons. The molecule has 2 amide bonds. The van der Waals surface area contributed by atoms with Crippen LogP contribution in [0.2, 0.25) is 0 Å². The summed E-state index contributed by atoms with van der Waals surface area (Å²) in [6, 6.07) is 6.35. The molecule has 1 aliphatic rings. The van der Waals surface area contributed by atoms with Crippen LogP contribution in [0.3, 0.4) is 0 Å². The maximum Gasteiger partial charge on any atom is 0.412 e. The van der Waals surface area contributed by atoms with Crippen LogP contribution in [0.15, 0.2) is 24.3 Å². The molecule has 0 unspecified atom stereocenters. The van der Waals surface area contributed by atoms with E-state index in [0.717, 1.165) is 19.3 Å². The summed E-state index contributed by atoms with van der Waals surface area (Å²) < 4.78 is 10.3. The Hall–Kier alpha value is -2.57. The molecule has 0 aromatic heterocycles. The van der Waals surface area contributed by atoms with Crippen molar-refractivity contribution in [1.29, 1.82) is 0 Å². The topological polar surface area (TPSA) is 93.7 Å². The van der Waals surface area contributed by atoms with E-state index in [-0.39, 0.29) is 18.6 Å². The summed E-state index contributed by atoms with van der Waals surface area (Å²) in [5.41, 5.74) is 0.201. The van der Waals surface area contributed by atoms with Crippen LogP contribution in [0, 0.1) is 5.92 Å². The van der Waals surface area contributed by atoms with Crippen molar-refractivity contribution >= 4 is 23.7 Å². The van der Waals surface area contributed by atoms with E-state index in [1.807, 2.05) is 0 Å². The highest BCUT2D eigenvalue weighted by atomic mass is 16.6. The number of hydrogen-bond acceptors (Lipinski definition) is 5. The number of amides is 2. The Morgan fingerprint density at radius 2 is 1.71 bits per heavy atom. The normalized spacial score (nSPS) is 19.4. The highest BCUT2D eigenvalue weighted by molar-refractivity contribution is 5.92. The van der Waals surface area contributed by atoms with Crippen molar-refractivity contribution in [3.8, 4) is 0 Å². The zero-order valence-corrected chi connectivity index (χ0v) is 17.0. The van der Waals surface area contributed by atoms with Crippen LogP contribution in [-0.2, 0) is 14.3 Å². The fraction of sp³-hybridized carbons (Fsp3) is 0.571. The second-order valence-corrected chi connectivity index (χ2v) is 8.22. The fourth-order valence-corrected chi connectivity index (χ4v) is 3.10. The molecule has 2 rings (SSSR count). The van der Waals surface area contributed by atoms with E-state index in [9.17, 15) is 14.4 Å². The first-order valence-electron chi connectivity index (χ1n) is 9.70. The van der Waals surface area contributed by atoms with Crippen LogP contribution in [0.1, 0.15) is 63.7 Å². The lowest BCUT2D eigenvalue weighted by Crippen LogP contribution is -2.42. The van der Waals surface area contributed by atoms with Gasteiger partial charge in [0.25, 0.3) is 5.91 Å². The predicted molar refractivity (Wildman–Crippen MR) is 106 cm³/mol. The summed E-state index contributed by atoms with van der Waals surface area (Å²) in [7, 11) is 0. The minimum Gasteiger partial charge on any atom is -0.452 e. The van der Waals surface area contributed by atoms with Gasteiger partial charge in [-0.15, -0.1) is 0 Å². The third kappa shape index (κ3) is 7.21. The van der Waals surface area contributed by atoms with Crippen LogP contribution in [0.5, 0.6) is 0 Å². The van der Waals surface area contributed by atoms with Gasteiger partial charge in [-0.2, -0.15) is 0 Å². The van der Waals surface area contributed by atoms with E-state index in [1.54, 1.807) is 32.9 Å². The first-order chi connectivity index (χ1) is 13.1. The van der Waals surface area contributed by atoms with Crippen LogP contribution in [0.25, 0.3) is 0 Å². The molecule has 0 radical (unpaired) electrons. The van der Waals surface area contributed by atoms with Gasteiger partial charge in [-0.05, 0) is 63.8 Å². The van der Waals surface area contributed by atoms with Gasteiger partial charge in [0.1, 0.15) is 5.60 Å². The molecule has 0 aliphatic heterocycles. The number of carbonyl (C=O) groups is 3. The van der Waals surface area contributed by atoms with E-state index in [2.05, 4.69) is 17.6 Å². The maximum atomic E-state index is 12.1. The zero-order valence-electron chi connectivity index (χ0n) is 17.0. The third-order valence-corrected chi connectivity index (χ3v) is 4.56. The van der Waals surface area contributed by atoms with Gasteiger partial charge < -0.3 is 14.8 Å². The number of carbonyl (C=O) groups excluding carboxylic acids is 3. The number of ether oxygens (including phenoxy) is 2. The Bertz CT molecular complexity index is 694. The largest absolute Gasteiger partial charge is 0.452 e. The monoisotopic (exact) mass is 390 g/mol. The Labute approximate surface area is 166 Å². The second kappa shape index (κ2) is 9.57. The fourth-order valence-electron chi connectivity index (χ4n) is 3.10. The summed E-state index contributed by atoms with van der Waals surface area (Å²) in [6.45, 7) is 7.15. The van der Waals surface area contributed by atoms with E-state index >= 15 is 0 Å². The molecule has 1 aromatic carbocycles. The summed E-state index contributed by atoms with van der Waals surface area (Å²) in [6.07, 6.45) is 3.80. The summed E-state index contributed by atoms with van der Waals surface area (Å²) in [5, 5.41) is 5.53. The minimum atomic E-state index is -0.593. The van der Waals surface area contributed by atoms with E-state index in [1.165, 1.54) is 18.6 Å². The van der Waals surface area contributed by atoms with Crippen LogP contribution in [0.4, 0.5) is 10.5 Å². The first kappa shape index (κ1) is 21.7. The van der Waals surface area contributed by atoms with Crippen molar-refractivity contribution in [3.63, 3.8) is 0 Å². The van der Waals surface area contributed by atoms with Crippen LogP contribution >= 0.6 is 0 Å². The van der Waals surface area contributed by atoms with Crippen LogP contribution in [-0.4, -0.2) is 36.2 Å². The predicted octanol–water partition coefficient (Wildman–Crippen LogP) is 3.89. The number of hydrogen-bond donors (Lipinski definition) is 2. The number of anilines is 1. The molecule has 0 saturated heterocycles. The molecule has 7 nitrogen and oxygen atoms in total. The SMILES string of the molecule is C[C@H]1CCCC[C@H]1NC(=O)COC(=O)c1ccc(NC(=O)OC(C)(C)C)cc1. The number of esters is 1. The van der Waals surface area contributed by atoms with Gasteiger partial charge in [-0.1, -0.05) is 19.8 Å². The van der Waals surface area contributed by atoms with E-state index in [4.69, 9.17) is 9.47 Å². The zero-order chi connectivity index (χ0) is 20.7. The average Bonchev–Trinajstić information content (AvgIpc) is 2.60. The molecule has 1 fully saturated rings. The molecule has 1 aliphatic carbocycles. The smallest absolute Gasteiger partial charge is 0.412 e. The molecule has 1 aromatic rings. The van der Waals surface area contributed by atoms with Gasteiger partial charge >= 0.3 is 12.1 Å². The van der Waals surface area contributed by atoms with Crippen LogP contribution < -0.4 is 10.6 Å². The van der Waals surface area contributed by atoms with Crippen molar-refractivity contribution in [2.45, 2.75) is 65.0 Å². The van der Waals surface area contributed by atoms with Crippen molar-refractivity contribution in [2.24, 2.45) is 5.92 Å². The third-order valence-electron chi connectivity index (χ3n) is 4.56. The van der Waals surface area contributed by atoms with E-state index in [0.29, 0.717) is 17.2 Å². The lowest BCUT2D eigenvalue weighted by molar-refractivity contribution is -0.125. The highest BCUT2D eigenvalue weighted by Gasteiger charge is 2.23. The number of benzene rings is 1. The molecular formula is C21H30N2O5. The van der Waals surface area contributed by atoms with Gasteiger partial charge in [0.05, 0.1) is 5.56 Å². The van der Waals surface area contributed by atoms with Crippen molar-refractivity contribution in [3.05, 3.63) is 29.8 Å². The van der Waals surface area contributed by atoms with Crippen molar-refractivity contribution in [2.75, 3.05) is 11.9 Å². The molecule has 0 spiro atoms. The van der Waals surface area contributed by atoms with E-state index < -0.39 is 17.7 Å². The standard InChI is InChI=1S/C21H30N2O5/c1-14-7-5-6-8-17(14)23-18(24)13-27-19(25)15-9-11-16(12-10-15)22-20(26)28-21(2,3)4/h9-12,14,17H,5-8,13H2,1-4H3,(H,22,26)(H,23,24)/t14-,17+/m0/s1. The Kier molecular flexibility index (Phi) is 7.43. The van der Waals surface area contributed by atoms with Gasteiger partial charge in [-0.3, -0.25) is 10.1 Å². The number of rotatable bonds is 5. The summed E-state index contributed by atoms with van der Waals surface area (Å²) in [4.78, 5) is 35.9. The van der Waals surface area contributed by atoms with Gasteiger partial charge in [0.15, 0.2) is 6.61 Å². The Morgan fingerprint density at radius 3 is 2.32 bits per heavy atom. The second-order valence-electron chi connectivity index (χ2n) is 8.22. The maximum absolute atomic E-state index is 12.1. The molecule has 2 N–H and O–H groups in total.